The molecule has 50 heavy (non-hydrogen) atoms. The Morgan fingerprint density at radius 3 is 2.10 bits per heavy atom. The van der Waals surface area contributed by atoms with E-state index in [4.69, 9.17) is 5.10 Å². The first kappa shape index (κ1) is 41.0. The van der Waals surface area contributed by atoms with E-state index in [0.717, 1.165) is 49.0 Å². The van der Waals surface area contributed by atoms with Crippen molar-refractivity contribution in [2.75, 3.05) is 32.5 Å². The minimum Gasteiger partial charge on any atom is -0.373 e. The molecule has 2 heterocycles. The Hall–Kier alpha value is -3.45. The van der Waals surface area contributed by atoms with Crippen molar-refractivity contribution in [1.29, 1.82) is 0 Å². The lowest BCUT2D eigenvalue weighted by atomic mass is 9.75. The first-order valence-electron chi connectivity index (χ1n) is 18.9. The van der Waals surface area contributed by atoms with Gasteiger partial charge in [-0.25, -0.2) is 4.68 Å². The van der Waals surface area contributed by atoms with Gasteiger partial charge in [0.05, 0.1) is 11.2 Å². The summed E-state index contributed by atoms with van der Waals surface area (Å²) in [5.41, 5.74) is 7.90. The molecule has 0 atom stereocenters. The van der Waals surface area contributed by atoms with Gasteiger partial charge in [0, 0.05) is 30.6 Å². The van der Waals surface area contributed by atoms with E-state index in [2.05, 4.69) is 112 Å². The predicted molar refractivity (Wildman–Crippen MR) is 210 cm³/mol. The molecule has 1 saturated carbocycles. The number of anilines is 1. The van der Waals surface area contributed by atoms with Crippen molar-refractivity contribution in [3.05, 3.63) is 82.0 Å². The van der Waals surface area contributed by atoms with Crippen LogP contribution in [0.15, 0.2) is 48.5 Å². The molecule has 1 aromatic heterocycles. The van der Waals surface area contributed by atoms with Crippen LogP contribution in [0.2, 0.25) is 0 Å². The molecular formula is C43H67N5O2. The first-order valence-corrected chi connectivity index (χ1v) is 18.9. The van der Waals surface area contributed by atoms with Crippen LogP contribution in [0.5, 0.6) is 0 Å². The van der Waals surface area contributed by atoms with E-state index in [9.17, 15) is 9.59 Å². The number of amides is 1. The summed E-state index contributed by atoms with van der Waals surface area (Å²) < 4.78 is 2.07. The average molecular weight is 686 g/mol. The van der Waals surface area contributed by atoms with Crippen molar-refractivity contribution >= 4 is 18.0 Å². The zero-order chi connectivity index (χ0) is 37.1. The van der Waals surface area contributed by atoms with Crippen LogP contribution in [-0.4, -0.2) is 60.1 Å². The Bertz CT molecular complexity index is 1480. The highest BCUT2D eigenvalue weighted by Crippen LogP contribution is 2.35. The quantitative estimate of drug-likeness (QED) is 0.231. The maximum Gasteiger partial charge on any atom is 0.222 e. The summed E-state index contributed by atoms with van der Waals surface area (Å²) >= 11 is 0. The highest BCUT2D eigenvalue weighted by atomic mass is 16.1. The molecule has 0 unspecified atom stereocenters. The molecule has 0 bridgehead atoms. The Balaban J connectivity index is 0.000000209. The lowest BCUT2D eigenvalue weighted by Gasteiger charge is -2.34. The molecule has 2 aliphatic rings. The van der Waals surface area contributed by atoms with E-state index < -0.39 is 0 Å². The van der Waals surface area contributed by atoms with Gasteiger partial charge in [0.25, 0.3) is 0 Å². The van der Waals surface area contributed by atoms with Crippen molar-refractivity contribution in [2.24, 2.45) is 11.3 Å². The van der Waals surface area contributed by atoms with Crippen molar-refractivity contribution < 1.29 is 9.59 Å². The molecule has 3 aromatic rings. The molecule has 1 amide bonds. The maximum atomic E-state index is 11.5. The monoisotopic (exact) mass is 686 g/mol. The van der Waals surface area contributed by atoms with Crippen LogP contribution >= 0.6 is 0 Å². The van der Waals surface area contributed by atoms with E-state index in [1.54, 1.807) is 0 Å². The Morgan fingerprint density at radius 2 is 1.58 bits per heavy atom. The van der Waals surface area contributed by atoms with Gasteiger partial charge >= 0.3 is 0 Å². The average Bonchev–Trinajstić information content (AvgIpc) is 3.51. The number of carbonyl (C=O) groups excluding carboxylic acids is 2. The van der Waals surface area contributed by atoms with Gasteiger partial charge < -0.3 is 15.5 Å². The number of hydrogen-bond donors (Lipinski definition) is 2. The highest BCUT2D eigenvalue weighted by Gasteiger charge is 2.28. The fraction of sp³-hybridized carbons (Fsp3) is 0.605. The smallest absolute Gasteiger partial charge is 0.222 e. The van der Waals surface area contributed by atoms with Gasteiger partial charge in [0.2, 0.25) is 5.91 Å². The molecule has 1 aliphatic heterocycles. The number of rotatable bonds is 8. The van der Waals surface area contributed by atoms with E-state index in [1.807, 2.05) is 33.0 Å². The molecule has 7 heteroatoms. The molecule has 2 fully saturated rings. The molecule has 1 saturated heterocycles. The molecule has 5 rings (SSSR count). The molecule has 1 aliphatic carbocycles. The number of aldehydes is 1. The number of piperidine rings is 1. The molecule has 2 aromatic carbocycles. The number of benzene rings is 2. The van der Waals surface area contributed by atoms with Crippen LogP contribution in [0.25, 0.3) is 0 Å². The van der Waals surface area contributed by atoms with Crippen LogP contribution < -0.4 is 10.6 Å². The molecular weight excluding hydrogens is 619 g/mol. The van der Waals surface area contributed by atoms with Crippen LogP contribution in [0.3, 0.4) is 0 Å². The van der Waals surface area contributed by atoms with Crippen molar-refractivity contribution in [2.45, 2.75) is 131 Å². The minimum absolute atomic E-state index is 0.00412. The maximum absolute atomic E-state index is 11.5. The third-order valence-electron chi connectivity index (χ3n) is 10.3. The number of hydrogen-bond acceptors (Lipinski definition) is 5. The van der Waals surface area contributed by atoms with Gasteiger partial charge in [-0.05, 0) is 134 Å². The summed E-state index contributed by atoms with van der Waals surface area (Å²) in [6, 6.07) is 17.3. The fourth-order valence-corrected chi connectivity index (χ4v) is 6.67. The second kappa shape index (κ2) is 18.7. The molecule has 7 nitrogen and oxygen atoms in total. The number of aryl methyl sites for hydroxylation is 4. The van der Waals surface area contributed by atoms with E-state index >= 15 is 0 Å². The fourth-order valence-electron chi connectivity index (χ4n) is 6.67. The lowest BCUT2D eigenvalue weighted by Crippen LogP contribution is -2.41. The SMILES string of the molecule is CC(C)C(=O)NC1CCC(C)(C)CC1.CN1CCC(c2ccc(C=O)cc2)CC1.CNc1cc(CCc2cc(C)ccc2C)nn1C(C)(C)C. The summed E-state index contributed by atoms with van der Waals surface area (Å²) in [4.78, 5) is 24.4. The second-order valence-electron chi connectivity index (χ2n) is 16.7. The number of nitrogens with zero attached hydrogens (tertiary/aromatic N) is 3. The molecule has 2 N–H and O–H groups in total. The molecule has 276 valence electrons. The van der Waals surface area contributed by atoms with Crippen molar-refractivity contribution in [3.8, 4) is 0 Å². The predicted octanol–water partition coefficient (Wildman–Crippen LogP) is 9.12. The lowest BCUT2D eigenvalue weighted by molar-refractivity contribution is -0.125. The van der Waals surface area contributed by atoms with Crippen molar-refractivity contribution in [3.63, 3.8) is 0 Å². The van der Waals surface area contributed by atoms with E-state index in [-0.39, 0.29) is 17.4 Å². The van der Waals surface area contributed by atoms with E-state index in [1.165, 1.54) is 61.0 Å². The largest absolute Gasteiger partial charge is 0.373 e. The number of likely N-dealkylation sites (tertiary alicyclic amines) is 1. The first-order chi connectivity index (χ1) is 23.5. The highest BCUT2D eigenvalue weighted by molar-refractivity contribution is 5.78. The number of nitrogens with one attached hydrogen (secondary N) is 2. The van der Waals surface area contributed by atoms with Gasteiger partial charge in [-0.3, -0.25) is 9.59 Å². The summed E-state index contributed by atoms with van der Waals surface area (Å²) in [5.74, 6) is 2.08. The van der Waals surface area contributed by atoms with Gasteiger partial charge in [-0.2, -0.15) is 5.10 Å². The van der Waals surface area contributed by atoms with Crippen LogP contribution in [-0.2, 0) is 23.2 Å². The normalized spacial score (nSPS) is 16.9. The van der Waals surface area contributed by atoms with Gasteiger partial charge in [-0.1, -0.05) is 75.7 Å². The van der Waals surface area contributed by atoms with Gasteiger partial charge in [0.1, 0.15) is 12.1 Å². The van der Waals surface area contributed by atoms with Crippen molar-refractivity contribution in [1.82, 2.24) is 20.0 Å². The summed E-state index contributed by atoms with van der Waals surface area (Å²) in [6.45, 7) is 21.7. The zero-order valence-corrected chi connectivity index (χ0v) is 33.2. The molecule has 0 radical (unpaired) electrons. The van der Waals surface area contributed by atoms with Crippen LogP contribution in [0.1, 0.15) is 131 Å². The number of carbonyl (C=O) groups is 2. The summed E-state index contributed by atoms with van der Waals surface area (Å²) in [6.07, 6.45) is 10.1. The molecule has 0 spiro atoms. The number of aromatic nitrogens is 2. The summed E-state index contributed by atoms with van der Waals surface area (Å²) in [7, 11) is 4.12. The minimum atomic E-state index is -0.00412. The standard InChI is InChI=1S/C18H27N3.C13H17NO.C12H23NO/c1-13-7-8-14(2)15(11-13)9-10-16-12-17(19-6)21(20-16)18(3,4)5;1-14-8-6-13(7-9-14)12-4-2-11(10-15)3-5-12;1-9(2)11(14)13-10-5-7-12(3,4)8-6-10/h7-8,11-12,19H,9-10H2,1-6H3;2-5,10,13H,6-9H2,1H3;9-10H,5-8H2,1-4H3,(H,13,14). The second-order valence-corrected chi connectivity index (χ2v) is 16.7. The zero-order valence-electron chi connectivity index (χ0n) is 33.2. The van der Waals surface area contributed by atoms with Gasteiger partial charge in [0.15, 0.2) is 0 Å². The van der Waals surface area contributed by atoms with Crippen LogP contribution in [0, 0.1) is 25.2 Å². The Morgan fingerprint density at radius 1 is 0.960 bits per heavy atom. The van der Waals surface area contributed by atoms with Gasteiger partial charge in [-0.15, -0.1) is 0 Å². The third kappa shape index (κ3) is 13.0. The summed E-state index contributed by atoms with van der Waals surface area (Å²) in [5, 5.41) is 11.1. The third-order valence-corrected chi connectivity index (χ3v) is 10.3. The Kier molecular flexibility index (Phi) is 15.3. The van der Waals surface area contributed by atoms with Crippen LogP contribution in [0.4, 0.5) is 5.82 Å². The Labute approximate surface area is 304 Å². The topological polar surface area (TPSA) is 79.3 Å². The van der Waals surface area contributed by atoms with E-state index in [0.29, 0.717) is 17.4 Å².